The van der Waals surface area contributed by atoms with Gasteiger partial charge in [0.05, 0.1) is 20.9 Å². The summed E-state index contributed by atoms with van der Waals surface area (Å²) in [5, 5.41) is 0. The van der Waals surface area contributed by atoms with Crippen LogP contribution in [0.25, 0.3) is 0 Å². The van der Waals surface area contributed by atoms with Gasteiger partial charge in [-0.15, -0.1) is 0 Å². The van der Waals surface area contributed by atoms with Crippen LogP contribution in [0.1, 0.15) is 18.0 Å². The molecule has 0 aliphatic rings. The summed E-state index contributed by atoms with van der Waals surface area (Å²) in [6.07, 6.45) is 0.281. The van der Waals surface area contributed by atoms with E-state index in [1.165, 1.54) is 0 Å². The zero-order valence-corrected chi connectivity index (χ0v) is 9.00. The number of hydrogen-bond donors (Lipinski definition) is 1. The molecule has 0 heterocycles. The van der Waals surface area contributed by atoms with Crippen molar-refractivity contribution in [2.24, 2.45) is 5.73 Å². The van der Waals surface area contributed by atoms with Crippen LogP contribution in [0, 0.1) is 0 Å². The van der Waals surface area contributed by atoms with Gasteiger partial charge in [0, 0.05) is 11.6 Å². The van der Waals surface area contributed by atoms with Crippen molar-refractivity contribution in [1.29, 1.82) is 0 Å². The molecule has 0 saturated carbocycles. The standard InChI is InChI=1S/C11H16FNO2/c1-14-8-3-4-11(15-2)9(7-8)10(13)5-6-12/h3-4,7,10H,5-6,13H2,1-2H3/t10-/m1/s1. The Kier molecular flexibility index (Phi) is 4.37. The van der Waals surface area contributed by atoms with Crippen molar-refractivity contribution in [3.8, 4) is 11.5 Å². The molecule has 1 aromatic rings. The lowest BCUT2D eigenvalue weighted by atomic mass is 10.0. The second-order valence-corrected chi connectivity index (χ2v) is 3.19. The molecule has 0 amide bonds. The van der Waals surface area contributed by atoms with E-state index in [-0.39, 0.29) is 12.5 Å². The molecule has 0 radical (unpaired) electrons. The topological polar surface area (TPSA) is 44.5 Å². The first-order valence-corrected chi connectivity index (χ1v) is 4.76. The Labute approximate surface area is 89.0 Å². The minimum absolute atomic E-state index is 0.281. The van der Waals surface area contributed by atoms with E-state index in [1.54, 1.807) is 32.4 Å². The summed E-state index contributed by atoms with van der Waals surface area (Å²) in [5.41, 5.74) is 6.60. The van der Waals surface area contributed by atoms with Crippen molar-refractivity contribution in [1.82, 2.24) is 0 Å². The first-order valence-electron chi connectivity index (χ1n) is 4.76. The second-order valence-electron chi connectivity index (χ2n) is 3.19. The van der Waals surface area contributed by atoms with Gasteiger partial charge in [-0.25, -0.2) is 0 Å². The van der Waals surface area contributed by atoms with Crippen molar-refractivity contribution < 1.29 is 13.9 Å². The van der Waals surface area contributed by atoms with E-state index >= 15 is 0 Å². The van der Waals surface area contributed by atoms with Gasteiger partial charge in [-0.05, 0) is 24.6 Å². The minimum Gasteiger partial charge on any atom is -0.497 e. The molecule has 1 rings (SSSR count). The van der Waals surface area contributed by atoms with E-state index in [2.05, 4.69) is 0 Å². The predicted molar refractivity (Wildman–Crippen MR) is 57.1 cm³/mol. The normalized spacial score (nSPS) is 12.3. The highest BCUT2D eigenvalue weighted by atomic mass is 19.1. The molecule has 1 atom stereocenters. The third-order valence-electron chi connectivity index (χ3n) is 2.26. The lowest BCUT2D eigenvalue weighted by Gasteiger charge is -2.15. The number of nitrogens with two attached hydrogens (primary N) is 1. The van der Waals surface area contributed by atoms with Gasteiger partial charge in [-0.1, -0.05) is 0 Å². The van der Waals surface area contributed by atoms with Crippen LogP contribution in [0.3, 0.4) is 0 Å². The minimum atomic E-state index is -0.443. The molecule has 3 nitrogen and oxygen atoms in total. The predicted octanol–water partition coefficient (Wildman–Crippen LogP) is 2.06. The highest BCUT2D eigenvalue weighted by Crippen LogP contribution is 2.29. The number of methoxy groups -OCH3 is 2. The zero-order valence-electron chi connectivity index (χ0n) is 9.00. The Morgan fingerprint density at radius 3 is 2.60 bits per heavy atom. The highest BCUT2D eigenvalue weighted by Gasteiger charge is 2.12. The molecule has 0 fully saturated rings. The van der Waals surface area contributed by atoms with Crippen LogP contribution in [0.5, 0.6) is 11.5 Å². The Hall–Kier alpha value is -1.29. The van der Waals surface area contributed by atoms with E-state index in [0.717, 1.165) is 5.56 Å². The zero-order chi connectivity index (χ0) is 11.3. The SMILES string of the molecule is COc1ccc(OC)c([C@H](N)CCF)c1. The Morgan fingerprint density at radius 1 is 1.33 bits per heavy atom. The molecule has 0 aliphatic heterocycles. The lowest BCUT2D eigenvalue weighted by Crippen LogP contribution is -2.12. The van der Waals surface area contributed by atoms with Gasteiger partial charge in [0.15, 0.2) is 0 Å². The van der Waals surface area contributed by atoms with Crippen LogP contribution >= 0.6 is 0 Å². The quantitative estimate of drug-likeness (QED) is 0.814. The lowest BCUT2D eigenvalue weighted by molar-refractivity contribution is 0.387. The van der Waals surface area contributed by atoms with Gasteiger partial charge in [-0.2, -0.15) is 0 Å². The molecule has 84 valence electrons. The maximum atomic E-state index is 12.2. The van der Waals surface area contributed by atoms with Crippen molar-refractivity contribution >= 4 is 0 Å². The molecule has 2 N–H and O–H groups in total. The van der Waals surface area contributed by atoms with Crippen molar-refractivity contribution in [3.63, 3.8) is 0 Å². The van der Waals surface area contributed by atoms with Crippen LogP contribution in [0.2, 0.25) is 0 Å². The number of benzene rings is 1. The number of alkyl halides is 1. The fourth-order valence-electron chi connectivity index (χ4n) is 1.40. The molecule has 15 heavy (non-hydrogen) atoms. The van der Waals surface area contributed by atoms with Gasteiger partial charge in [0.1, 0.15) is 11.5 Å². The van der Waals surface area contributed by atoms with E-state index in [1.807, 2.05) is 0 Å². The van der Waals surface area contributed by atoms with E-state index in [9.17, 15) is 4.39 Å². The van der Waals surface area contributed by atoms with Crippen LogP contribution in [0.15, 0.2) is 18.2 Å². The molecular formula is C11H16FNO2. The number of hydrogen-bond acceptors (Lipinski definition) is 3. The Bertz CT molecular complexity index is 317. The summed E-state index contributed by atoms with van der Waals surface area (Å²) in [6, 6.07) is 4.97. The molecule has 0 spiro atoms. The smallest absolute Gasteiger partial charge is 0.123 e. The van der Waals surface area contributed by atoms with Crippen molar-refractivity contribution in [2.45, 2.75) is 12.5 Å². The third-order valence-corrected chi connectivity index (χ3v) is 2.26. The van der Waals surface area contributed by atoms with Gasteiger partial charge in [-0.3, -0.25) is 4.39 Å². The first-order chi connectivity index (χ1) is 7.22. The van der Waals surface area contributed by atoms with E-state index < -0.39 is 6.67 Å². The van der Waals surface area contributed by atoms with Crippen LogP contribution < -0.4 is 15.2 Å². The average molecular weight is 213 g/mol. The summed E-state index contributed by atoms with van der Waals surface area (Å²) in [4.78, 5) is 0. The number of halogens is 1. The summed E-state index contributed by atoms with van der Waals surface area (Å²) < 4.78 is 22.4. The van der Waals surface area contributed by atoms with Crippen LogP contribution in [-0.2, 0) is 0 Å². The molecule has 0 saturated heterocycles. The summed E-state index contributed by atoms with van der Waals surface area (Å²) in [6.45, 7) is -0.443. The maximum absolute atomic E-state index is 12.2. The van der Waals surface area contributed by atoms with Crippen LogP contribution in [0.4, 0.5) is 4.39 Å². The van der Waals surface area contributed by atoms with Crippen molar-refractivity contribution in [2.75, 3.05) is 20.9 Å². The van der Waals surface area contributed by atoms with E-state index in [4.69, 9.17) is 15.2 Å². The fraction of sp³-hybridized carbons (Fsp3) is 0.455. The van der Waals surface area contributed by atoms with Gasteiger partial charge in [0.2, 0.25) is 0 Å². The molecule has 0 aromatic heterocycles. The summed E-state index contributed by atoms with van der Waals surface area (Å²) in [7, 11) is 3.14. The molecule has 0 bridgehead atoms. The van der Waals surface area contributed by atoms with Gasteiger partial charge >= 0.3 is 0 Å². The molecular weight excluding hydrogens is 197 g/mol. The molecule has 1 aromatic carbocycles. The Balaban J connectivity index is 3.00. The average Bonchev–Trinajstić information content (AvgIpc) is 2.28. The highest BCUT2D eigenvalue weighted by molar-refractivity contribution is 5.42. The number of rotatable bonds is 5. The number of ether oxygens (including phenoxy) is 2. The Morgan fingerprint density at radius 2 is 2.07 bits per heavy atom. The summed E-state index contributed by atoms with van der Waals surface area (Å²) >= 11 is 0. The fourth-order valence-corrected chi connectivity index (χ4v) is 1.40. The van der Waals surface area contributed by atoms with Crippen molar-refractivity contribution in [3.05, 3.63) is 23.8 Å². The largest absolute Gasteiger partial charge is 0.497 e. The van der Waals surface area contributed by atoms with Gasteiger partial charge < -0.3 is 15.2 Å². The molecule has 4 heteroatoms. The first kappa shape index (κ1) is 11.8. The summed E-state index contributed by atoms with van der Waals surface area (Å²) in [5.74, 6) is 1.36. The van der Waals surface area contributed by atoms with Crippen LogP contribution in [-0.4, -0.2) is 20.9 Å². The maximum Gasteiger partial charge on any atom is 0.123 e. The molecule has 0 aliphatic carbocycles. The van der Waals surface area contributed by atoms with E-state index in [0.29, 0.717) is 11.5 Å². The molecule has 0 unspecified atom stereocenters. The second kappa shape index (κ2) is 5.56. The van der Waals surface area contributed by atoms with Gasteiger partial charge in [0.25, 0.3) is 0 Å². The monoisotopic (exact) mass is 213 g/mol. The third kappa shape index (κ3) is 2.83.